The monoisotopic (exact) mass is 226 g/mol. The molecule has 0 spiro atoms. The van der Waals surface area contributed by atoms with Gasteiger partial charge in [-0.1, -0.05) is 33.6 Å². The molecule has 0 bridgehead atoms. The molecule has 1 atom stereocenters. The maximum absolute atomic E-state index is 6.19. The molecule has 96 valence electrons. The van der Waals surface area contributed by atoms with E-state index in [1.54, 1.807) is 0 Å². The van der Waals surface area contributed by atoms with Gasteiger partial charge in [0.2, 0.25) is 0 Å². The summed E-state index contributed by atoms with van der Waals surface area (Å²) in [6.45, 7) is 13.6. The van der Waals surface area contributed by atoms with Crippen molar-refractivity contribution in [3.05, 3.63) is 0 Å². The molecule has 0 aromatic rings. The Labute approximate surface area is 102 Å². The summed E-state index contributed by atoms with van der Waals surface area (Å²) in [6.07, 6.45) is 5.28. The van der Waals surface area contributed by atoms with Crippen LogP contribution < -0.4 is 5.73 Å². The summed E-state index contributed by atoms with van der Waals surface area (Å²) in [6, 6.07) is 0.589. The van der Waals surface area contributed by atoms with Crippen LogP contribution in [0.15, 0.2) is 0 Å². The highest BCUT2D eigenvalue weighted by Crippen LogP contribution is 2.47. The summed E-state index contributed by atoms with van der Waals surface area (Å²) in [5.74, 6) is 0. The standard InChI is InChI=1S/C14H30N2/c1-6-16(12(2)3)14(11-15)10-8-7-9-13(14,4)5/h12H,6-11,15H2,1-5H3. The second kappa shape index (κ2) is 5.05. The van der Waals surface area contributed by atoms with E-state index in [1.807, 2.05) is 0 Å². The summed E-state index contributed by atoms with van der Waals surface area (Å²) >= 11 is 0. The highest BCUT2D eigenvalue weighted by Gasteiger charge is 2.49. The lowest BCUT2D eigenvalue weighted by atomic mass is 9.62. The lowest BCUT2D eigenvalue weighted by Gasteiger charge is -2.57. The molecule has 0 aromatic heterocycles. The molecule has 0 aromatic carbocycles. The van der Waals surface area contributed by atoms with Crippen LogP contribution in [-0.4, -0.2) is 29.6 Å². The molecule has 2 heteroatoms. The fourth-order valence-corrected chi connectivity index (χ4v) is 3.75. The second-order valence-electron chi connectivity index (χ2n) is 6.21. The fraction of sp³-hybridized carbons (Fsp3) is 1.00. The first-order chi connectivity index (χ1) is 7.41. The summed E-state index contributed by atoms with van der Waals surface area (Å²) in [4.78, 5) is 2.63. The lowest BCUT2D eigenvalue weighted by Crippen LogP contribution is -2.65. The first kappa shape index (κ1) is 14.0. The molecular formula is C14H30N2. The largest absolute Gasteiger partial charge is 0.329 e. The Balaban J connectivity index is 3.05. The zero-order valence-electron chi connectivity index (χ0n) is 11.8. The molecule has 2 N–H and O–H groups in total. The number of nitrogens with zero attached hydrogens (tertiary/aromatic N) is 1. The molecular weight excluding hydrogens is 196 g/mol. The zero-order valence-corrected chi connectivity index (χ0v) is 11.8. The Kier molecular flexibility index (Phi) is 4.42. The van der Waals surface area contributed by atoms with Crippen molar-refractivity contribution in [2.75, 3.05) is 13.1 Å². The molecule has 1 fully saturated rings. The van der Waals surface area contributed by atoms with Crippen molar-refractivity contribution in [3.63, 3.8) is 0 Å². The van der Waals surface area contributed by atoms with E-state index in [-0.39, 0.29) is 5.54 Å². The Hall–Kier alpha value is -0.0800. The normalized spacial score (nSPS) is 30.0. The van der Waals surface area contributed by atoms with E-state index in [4.69, 9.17) is 5.73 Å². The van der Waals surface area contributed by atoms with Gasteiger partial charge in [-0.3, -0.25) is 4.90 Å². The maximum Gasteiger partial charge on any atom is 0.0385 e. The van der Waals surface area contributed by atoms with Crippen molar-refractivity contribution in [2.24, 2.45) is 11.1 Å². The predicted molar refractivity (Wildman–Crippen MR) is 71.6 cm³/mol. The minimum atomic E-state index is 0.216. The third-order valence-electron chi connectivity index (χ3n) is 4.75. The van der Waals surface area contributed by atoms with Gasteiger partial charge in [0.05, 0.1) is 0 Å². The molecule has 1 aliphatic rings. The van der Waals surface area contributed by atoms with E-state index in [0.717, 1.165) is 13.1 Å². The highest BCUT2D eigenvalue weighted by molar-refractivity contribution is 5.05. The molecule has 0 saturated heterocycles. The van der Waals surface area contributed by atoms with Crippen molar-refractivity contribution in [3.8, 4) is 0 Å². The SMILES string of the molecule is CCN(C(C)C)C1(CN)CCCCC1(C)C. The Morgan fingerprint density at radius 2 is 1.75 bits per heavy atom. The smallest absolute Gasteiger partial charge is 0.0385 e. The van der Waals surface area contributed by atoms with Crippen LogP contribution in [0.1, 0.15) is 60.3 Å². The van der Waals surface area contributed by atoms with Gasteiger partial charge in [0.1, 0.15) is 0 Å². The van der Waals surface area contributed by atoms with Crippen LogP contribution in [0.4, 0.5) is 0 Å². The van der Waals surface area contributed by atoms with E-state index in [2.05, 4.69) is 39.5 Å². The number of hydrogen-bond acceptors (Lipinski definition) is 2. The van der Waals surface area contributed by atoms with Crippen LogP contribution >= 0.6 is 0 Å². The molecule has 1 unspecified atom stereocenters. The van der Waals surface area contributed by atoms with Gasteiger partial charge in [0.15, 0.2) is 0 Å². The van der Waals surface area contributed by atoms with E-state index >= 15 is 0 Å². The van der Waals surface area contributed by atoms with Crippen molar-refractivity contribution in [2.45, 2.75) is 71.9 Å². The van der Waals surface area contributed by atoms with Crippen LogP contribution in [0.2, 0.25) is 0 Å². The minimum Gasteiger partial charge on any atom is -0.329 e. The first-order valence-electron chi connectivity index (χ1n) is 6.88. The predicted octanol–water partition coefficient (Wildman–Crippen LogP) is 3.01. The molecule has 1 aliphatic carbocycles. The molecule has 0 heterocycles. The van der Waals surface area contributed by atoms with Gasteiger partial charge >= 0.3 is 0 Å². The number of likely N-dealkylation sites (N-methyl/N-ethyl adjacent to an activating group) is 1. The quantitative estimate of drug-likeness (QED) is 0.798. The zero-order chi connectivity index (χ0) is 12.4. The number of rotatable bonds is 4. The third kappa shape index (κ3) is 2.14. The van der Waals surface area contributed by atoms with Gasteiger partial charge in [-0.15, -0.1) is 0 Å². The Morgan fingerprint density at radius 1 is 1.19 bits per heavy atom. The van der Waals surface area contributed by atoms with Crippen LogP contribution in [0.25, 0.3) is 0 Å². The van der Waals surface area contributed by atoms with Crippen LogP contribution in [-0.2, 0) is 0 Å². The summed E-state index contributed by atoms with van der Waals surface area (Å²) in [5, 5.41) is 0. The van der Waals surface area contributed by atoms with Gasteiger partial charge in [-0.25, -0.2) is 0 Å². The maximum atomic E-state index is 6.19. The van der Waals surface area contributed by atoms with Crippen LogP contribution in [0, 0.1) is 5.41 Å². The minimum absolute atomic E-state index is 0.216. The third-order valence-corrected chi connectivity index (χ3v) is 4.75. The highest BCUT2D eigenvalue weighted by atomic mass is 15.2. The molecule has 2 nitrogen and oxygen atoms in total. The molecule has 16 heavy (non-hydrogen) atoms. The van der Waals surface area contributed by atoms with E-state index < -0.39 is 0 Å². The molecule has 0 aliphatic heterocycles. The Bertz CT molecular complexity index is 223. The van der Waals surface area contributed by atoms with E-state index in [1.165, 1.54) is 25.7 Å². The lowest BCUT2D eigenvalue weighted by molar-refractivity contribution is -0.0579. The fourth-order valence-electron chi connectivity index (χ4n) is 3.75. The van der Waals surface area contributed by atoms with Gasteiger partial charge < -0.3 is 5.73 Å². The van der Waals surface area contributed by atoms with Crippen molar-refractivity contribution >= 4 is 0 Å². The molecule has 0 radical (unpaired) electrons. The second-order valence-corrected chi connectivity index (χ2v) is 6.21. The Morgan fingerprint density at radius 3 is 2.12 bits per heavy atom. The summed E-state index contributed by atoms with van der Waals surface area (Å²) in [7, 11) is 0. The van der Waals surface area contributed by atoms with Crippen molar-refractivity contribution in [1.29, 1.82) is 0 Å². The number of nitrogens with two attached hydrogens (primary N) is 1. The van der Waals surface area contributed by atoms with Gasteiger partial charge in [0.25, 0.3) is 0 Å². The van der Waals surface area contributed by atoms with Gasteiger partial charge in [0, 0.05) is 18.1 Å². The summed E-state index contributed by atoms with van der Waals surface area (Å²) in [5.41, 5.74) is 6.75. The van der Waals surface area contributed by atoms with E-state index in [9.17, 15) is 0 Å². The topological polar surface area (TPSA) is 29.3 Å². The average molecular weight is 226 g/mol. The van der Waals surface area contributed by atoms with Gasteiger partial charge in [-0.05, 0) is 38.6 Å². The van der Waals surface area contributed by atoms with Crippen molar-refractivity contribution < 1.29 is 0 Å². The number of hydrogen-bond donors (Lipinski definition) is 1. The summed E-state index contributed by atoms with van der Waals surface area (Å²) < 4.78 is 0. The van der Waals surface area contributed by atoms with Gasteiger partial charge in [-0.2, -0.15) is 0 Å². The molecule has 1 rings (SSSR count). The first-order valence-corrected chi connectivity index (χ1v) is 6.88. The van der Waals surface area contributed by atoms with Crippen LogP contribution in [0.3, 0.4) is 0 Å². The molecule has 0 amide bonds. The van der Waals surface area contributed by atoms with Crippen LogP contribution in [0.5, 0.6) is 0 Å². The van der Waals surface area contributed by atoms with E-state index in [0.29, 0.717) is 11.5 Å². The van der Waals surface area contributed by atoms with Crippen molar-refractivity contribution in [1.82, 2.24) is 4.90 Å². The molecule has 1 saturated carbocycles. The average Bonchev–Trinajstić information content (AvgIpc) is 2.20.